The Kier molecular flexibility index (Phi) is 6.27. The highest BCUT2D eigenvalue weighted by atomic mass is 35.5. The monoisotopic (exact) mass is 495 g/mol. The van der Waals surface area contributed by atoms with Gasteiger partial charge in [-0.25, -0.2) is 4.39 Å². The first-order valence-electron chi connectivity index (χ1n) is 10.4. The minimum atomic E-state index is -1.03. The van der Waals surface area contributed by atoms with Gasteiger partial charge in [0.05, 0.1) is 23.5 Å². The van der Waals surface area contributed by atoms with Crippen molar-refractivity contribution in [3.05, 3.63) is 104 Å². The molecule has 0 radical (unpaired) electrons. The lowest BCUT2D eigenvalue weighted by atomic mass is 9.88. The summed E-state index contributed by atoms with van der Waals surface area (Å²) in [6, 6.07) is 14.0. The number of aromatic nitrogens is 1. The molecular weight excluding hydrogens is 477 g/mol. The molecule has 10 heteroatoms. The lowest BCUT2D eigenvalue weighted by Crippen LogP contribution is -2.23. The van der Waals surface area contributed by atoms with E-state index in [-0.39, 0.29) is 10.6 Å². The van der Waals surface area contributed by atoms with Crippen molar-refractivity contribution in [2.45, 2.75) is 12.8 Å². The molecule has 0 fully saturated rings. The van der Waals surface area contributed by atoms with Crippen LogP contribution in [0.1, 0.15) is 33.1 Å². The van der Waals surface area contributed by atoms with Gasteiger partial charge < -0.3 is 10.5 Å². The Morgan fingerprint density at radius 3 is 2.40 bits per heavy atom. The van der Waals surface area contributed by atoms with Crippen molar-refractivity contribution in [3.63, 3.8) is 0 Å². The molecule has 3 aromatic carbocycles. The summed E-state index contributed by atoms with van der Waals surface area (Å²) in [4.78, 5) is 37.3. The Labute approximate surface area is 203 Å². The van der Waals surface area contributed by atoms with E-state index >= 15 is 0 Å². The highest BCUT2D eigenvalue weighted by molar-refractivity contribution is 6.31. The smallest absolute Gasteiger partial charge is 0.283 e. The van der Waals surface area contributed by atoms with Gasteiger partial charge in [-0.15, -0.1) is 0 Å². The summed E-state index contributed by atoms with van der Waals surface area (Å²) in [6.07, 6.45) is 0. The minimum absolute atomic E-state index is 0.109. The van der Waals surface area contributed by atoms with E-state index in [9.17, 15) is 24.1 Å². The van der Waals surface area contributed by atoms with Crippen LogP contribution in [0, 0.1) is 22.9 Å². The van der Waals surface area contributed by atoms with Crippen molar-refractivity contribution in [2.75, 3.05) is 7.11 Å². The average molecular weight is 496 g/mol. The standard InChI is InChI=1S/C25H19ClFN3O5/c1-13-22(23(24(28)31)14-3-6-16(27)7-4-14)19-12-17(35-2)8-10-20(19)29(13)25(32)18-9-5-15(26)11-21(18)30(33)34/h3-12,23H,1-2H3,(H2,28,31). The third-order valence-electron chi connectivity index (χ3n) is 5.83. The number of nitrogens with zero attached hydrogens (tertiary/aromatic N) is 2. The number of amides is 1. The zero-order chi connectivity index (χ0) is 25.4. The minimum Gasteiger partial charge on any atom is -0.497 e. The number of primary amides is 1. The first-order valence-corrected chi connectivity index (χ1v) is 10.7. The summed E-state index contributed by atoms with van der Waals surface area (Å²) in [5.41, 5.74) is 6.71. The fraction of sp³-hybridized carbons (Fsp3) is 0.120. The van der Waals surface area contributed by atoms with Crippen LogP contribution in [0.3, 0.4) is 0 Å². The van der Waals surface area contributed by atoms with E-state index in [1.807, 2.05) is 0 Å². The molecule has 0 aliphatic rings. The quantitative estimate of drug-likeness (QED) is 0.299. The average Bonchev–Trinajstić information content (AvgIpc) is 3.10. The fourth-order valence-corrected chi connectivity index (χ4v) is 4.43. The third-order valence-corrected chi connectivity index (χ3v) is 6.06. The van der Waals surface area contributed by atoms with E-state index in [1.54, 1.807) is 25.1 Å². The molecular formula is C25H19ClFN3O5. The SMILES string of the molecule is COc1ccc2c(c1)c(C(C(N)=O)c1ccc(F)cc1)c(C)n2C(=O)c1ccc(Cl)cc1[N+](=O)[O-]. The molecule has 0 aliphatic carbocycles. The van der Waals surface area contributed by atoms with Crippen molar-refractivity contribution < 1.29 is 23.6 Å². The Morgan fingerprint density at radius 1 is 1.11 bits per heavy atom. The number of benzene rings is 3. The van der Waals surface area contributed by atoms with Gasteiger partial charge in [0, 0.05) is 22.2 Å². The first kappa shape index (κ1) is 23.9. The van der Waals surface area contributed by atoms with Crippen molar-refractivity contribution in [1.82, 2.24) is 4.57 Å². The number of fused-ring (bicyclic) bond motifs is 1. The molecule has 0 bridgehead atoms. The van der Waals surface area contributed by atoms with Gasteiger partial charge in [0.15, 0.2) is 0 Å². The summed E-state index contributed by atoms with van der Waals surface area (Å²) in [5, 5.41) is 12.2. The van der Waals surface area contributed by atoms with Crippen LogP contribution in [0.25, 0.3) is 10.9 Å². The highest BCUT2D eigenvalue weighted by Crippen LogP contribution is 2.38. The van der Waals surface area contributed by atoms with E-state index in [0.717, 1.165) is 6.07 Å². The number of nitro benzene ring substituents is 1. The summed E-state index contributed by atoms with van der Waals surface area (Å²) < 4.78 is 20.2. The predicted octanol–water partition coefficient (Wildman–Crippen LogP) is 4.96. The van der Waals surface area contributed by atoms with Crippen LogP contribution in [0.15, 0.2) is 60.7 Å². The molecule has 0 saturated heterocycles. The zero-order valence-corrected chi connectivity index (χ0v) is 19.4. The molecule has 0 spiro atoms. The molecule has 0 aliphatic heterocycles. The van der Waals surface area contributed by atoms with Crippen molar-refractivity contribution in [2.24, 2.45) is 5.73 Å². The number of nitro groups is 1. The second kappa shape index (κ2) is 9.19. The Morgan fingerprint density at radius 2 is 1.80 bits per heavy atom. The third kappa shape index (κ3) is 4.22. The Bertz CT molecular complexity index is 1500. The van der Waals surface area contributed by atoms with Gasteiger partial charge >= 0.3 is 0 Å². The van der Waals surface area contributed by atoms with Gasteiger partial charge in [-0.1, -0.05) is 23.7 Å². The molecule has 1 aromatic heterocycles. The van der Waals surface area contributed by atoms with Crippen LogP contribution < -0.4 is 10.5 Å². The second-order valence-electron chi connectivity index (χ2n) is 7.83. The molecule has 2 N–H and O–H groups in total. The summed E-state index contributed by atoms with van der Waals surface area (Å²) >= 11 is 5.92. The number of carbonyl (C=O) groups excluding carboxylic acids is 2. The van der Waals surface area contributed by atoms with Crippen molar-refractivity contribution >= 4 is 40.0 Å². The number of nitrogens with two attached hydrogens (primary N) is 1. The van der Waals surface area contributed by atoms with E-state index in [4.69, 9.17) is 22.1 Å². The second-order valence-corrected chi connectivity index (χ2v) is 8.26. The normalized spacial score (nSPS) is 11.9. The van der Waals surface area contributed by atoms with Crippen molar-refractivity contribution in [3.8, 4) is 5.75 Å². The van der Waals surface area contributed by atoms with E-state index < -0.39 is 34.2 Å². The molecule has 4 rings (SSSR count). The molecule has 178 valence electrons. The van der Waals surface area contributed by atoms with E-state index in [0.29, 0.717) is 33.5 Å². The maximum absolute atomic E-state index is 13.7. The molecule has 1 atom stereocenters. The van der Waals surface area contributed by atoms with E-state index in [2.05, 4.69) is 0 Å². The van der Waals surface area contributed by atoms with Crippen LogP contribution in [0.4, 0.5) is 10.1 Å². The Hall–Kier alpha value is -4.24. The number of ether oxygens (including phenoxy) is 1. The number of halogens is 2. The number of rotatable bonds is 6. The number of methoxy groups -OCH3 is 1. The van der Waals surface area contributed by atoms with Gasteiger partial charge in [0.1, 0.15) is 17.1 Å². The summed E-state index contributed by atoms with van der Waals surface area (Å²) in [5.74, 6) is -2.45. The molecule has 1 amide bonds. The van der Waals surface area contributed by atoms with Crippen LogP contribution >= 0.6 is 11.6 Å². The van der Waals surface area contributed by atoms with E-state index in [1.165, 1.54) is 48.1 Å². The largest absolute Gasteiger partial charge is 0.497 e. The fourth-order valence-electron chi connectivity index (χ4n) is 4.26. The molecule has 1 heterocycles. The van der Waals surface area contributed by atoms with Crippen molar-refractivity contribution in [1.29, 1.82) is 0 Å². The Balaban J connectivity index is 2.03. The van der Waals surface area contributed by atoms with Gasteiger partial charge in [-0.2, -0.15) is 0 Å². The van der Waals surface area contributed by atoms with Gasteiger partial charge in [-0.3, -0.25) is 24.3 Å². The van der Waals surface area contributed by atoms with Crippen LogP contribution in [0.5, 0.6) is 5.75 Å². The summed E-state index contributed by atoms with van der Waals surface area (Å²) in [6.45, 7) is 1.61. The maximum atomic E-state index is 13.7. The molecule has 8 nitrogen and oxygen atoms in total. The molecule has 4 aromatic rings. The number of carbonyl (C=O) groups is 2. The topological polar surface area (TPSA) is 117 Å². The lowest BCUT2D eigenvalue weighted by Gasteiger charge is -2.16. The lowest BCUT2D eigenvalue weighted by molar-refractivity contribution is -0.385. The molecule has 0 saturated carbocycles. The van der Waals surface area contributed by atoms with Gasteiger partial charge in [0.2, 0.25) is 5.91 Å². The summed E-state index contributed by atoms with van der Waals surface area (Å²) in [7, 11) is 1.47. The molecule has 1 unspecified atom stereocenters. The van der Waals surface area contributed by atoms with Crippen LogP contribution in [0.2, 0.25) is 5.02 Å². The van der Waals surface area contributed by atoms with Crippen LogP contribution in [-0.4, -0.2) is 28.4 Å². The first-order chi connectivity index (χ1) is 16.6. The van der Waals surface area contributed by atoms with Gasteiger partial charge in [0.25, 0.3) is 11.6 Å². The number of hydrogen-bond donors (Lipinski definition) is 1. The highest BCUT2D eigenvalue weighted by Gasteiger charge is 2.31. The van der Waals surface area contributed by atoms with Gasteiger partial charge in [-0.05, 0) is 60.5 Å². The zero-order valence-electron chi connectivity index (χ0n) is 18.6. The number of hydrogen-bond acceptors (Lipinski definition) is 5. The maximum Gasteiger partial charge on any atom is 0.283 e. The van der Waals surface area contributed by atoms with Crippen LogP contribution in [-0.2, 0) is 4.79 Å². The predicted molar refractivity (Wildman–Crippen MR) is 128 cm³/mol. The molecule has 35 heavy (non-hydrogen) atoms.